The molecular formula is C11H11N3O2. The number of aromatic nitrogens is 2. The van der Waals surface area contributed by atoms with Crippen molar-refractivity contribution in [2.24, 2.45) is 0 Å². The van der Waals surface area contributed by atoms with Gasteiger partial charge in [-0.25, -0.2) is 0 Å². The Hall–Kier alpha value is -2.30. The van der Waals surface area contributed by atoms with Gasteiger partial charge in [-0.05, 0) is 6.07 Å². The lowest BCUT2D eigenvalue weighted by Gasteiger charge is -2.09. The Morgan fingerprint density at radius 1 is 1.25 bits per heavy atom. The quantitative estimate of drug-likeness (QED) is 0.795. The first-order valence-corrected chi connectivity index (χ1v) is 4.67. The fraction of sp³-hybridized carbons (Fsp3) is 0.0909. The van der Waals surface area contributed by atoms with E-state index in [1.54, 1.807) is 24.3 Å². The van der Waals surface area contributed by atoms with E-state index < -0.39 is 0 Å². The number of nitrogens with zero attached hydrogens (tertiary/aromatic N) is 2. The van der Waals surface area contributed by atoms with Crippen LogP contribution in [0.15, 0.2) is 30.5 Å². The number of phenols is 1. The maximum Gasteiger partial charge on any atom is 0.257 e. The summed E-state index contributed by atoms with van der Waals surface area (Å²) in [5, 5.41) is 17.2. The topological polar surface area (TPSA) is 81.3 Å². The zero-order valence-corrected chi connectivity index (χ0v) is 8.71. The van der Waals surface area contributed by atoms with Gasteiger partial charge in [-0.3, -0.25) is 0 Å². The van der Waals surface area contributed by atoms with E-state index in [1.165, 1.54) is 13.3 Å². The number of anilines is 1. The molecule has 1 heterocycles. The van der Waals surface area contributed by atoms with Gasteiger partial charge in [0.1, 0.15) is 11.4 Å². The predicted molar refractivity (Wildman–Crippen MR) is 60.1 cm³/mol. The van der Waals surface area contributed by atoms with Crippen LogP contribution in [-0.2, 0) is 0 Å². The molecule has 0 saturated carbocycles. The van der Waals surface area contributed by atoms with Crippen LogP contribution < -0.4 is 10.5 Å². The van der Waals surface area contributed by atoms with Crippen LogP contribution in [0.25, 0.3) is 11.1 Å². The van der Waals surface area contributed by atoms with Crippen LogP contribution in [0.4, 0.5) is 5.69 Å². The maximum atomic E-state index is 9.71. The molecule has 3 N–H and O–H groups in total. The molecule has 1 aromatic heterocycles. The van der Waals surface area contributed by atoms with Crippen LogP contribution in [0.3, 0.4) is 0 Å². The molecule has 0 fully saturated rings. The highest BCUT2D eigenvalue weighted by atomic mass is 16.5. The highest BCUT2D eigenvalue weighted by Gasteiger charge is 2.12. The van der Waals surface area contributed by atoms with E-state index in [4.69, 9.17) is 10.5 Å². The Morgan fingerprint density at radius 2 is 2.00 bits per heavy atom. The summed E-state index contributed by atoms with van der Waals surface area (Å²) >= 11 is 0. The Labute approximate surface area is 92.5 Å². The molecular weight excluding hydrogens is 206 g/mol. The van der Waals surface area contributed by atoms with Crippen molar-refractivity contribution in [1.29, 1.82) is 0 Å². The van der Waals surface area contributed by atoms with Crippen LogP contribution in [0.1, 0.15) is 0 Å². The maximum absolute atomic E-state index is 9.71. The summed E-state index contributed by atoms with van der Waals surface area (Å²) in [5.41, 5.74) is 7.42. The van der Waals surface area contributed by atoms with E-state index in [1.807, 2.05) is 0 Å². The lowest BCUT2D eigenvalue weighted by molar-refractivity contribution is 0.394. The van der Waals surface area contributed by atoms with Crippen molar-refractivity contribution < 1.29 is 9.84 Å². The van der Waals surface area contributed by atoms with E-state index in [0.717, 1.165) is 0 Å². The van der Waals surface area contributed by atoms with E-state index >= 15 is 0 Å². The first-order chi connectivity index (χ1) is 7.74. The Morgan fingerprint density at radius 3 is 2.69 bits per heavy atom. The third kappa shape index (κ3) is 1.63. The fourth-order valence-corrected chi connectivity index (χ4v) is 1.44. The lowest BCUT2D eigenvalue weighted by Crippen LogP contribution is -1.99. The molecule has 0 amide bonds. The normalized spacial score (nSPS) is 10.1. The monoisotopic (exact) mass is 217 g/mol. The second-order valence-corrected chi connectivity index (χ2v) is 3.20. The fourth-order valence-electron chi connectivity index (χ4n) is 1.44. The number of methoxy groups -OCH3 is 1. The molecule has 0 aliphatic carbocycles. The number of para-hydroxylation sites is 1. The standard InChI is InChI=1S/C11H11N3O2/c1-16-11-10(12)8(6-13-14-11)7-4-2-3-5-9(7)15/h2-6,15H,1H3,(H2,12,13). The van der Waals surface area contributed by atoms with E-state index in [9.17, 15) is 5.11 Å². The smallest absolute Gasteiger partial charge is 0.257 e. The van der Waals surface area contributed by atoms with Crippen LogP contribution in [0.2, 0.25) is 0 Å². The summed E-state index contributed by atoms with van der Waals surface area (Å²) in [6.07, 6.45) is 1.49. The van der Waals surface area contributed by atoms with Gasteiger partial charge in [-0.1, -0.05) is 18.2 Å². The van der Waals surface area contributed by atoms with Crippen molar-refractivity contribution in [2.75, 3.05) is 12.8 Å². The molecule has 0 saturated heterocycles. The number of benzene rings is 1. The molecule has 0 atom stereocenters. The van der Waals surface area contributed by atoms with Gasteiger partial charge < -0.3 is 15.6 Å². The third-order valence-corrected chi connectivity index (χ3v) is 2.24. The van der Waals surface area contributed by atoms with Crippen molar-refractivity contribution in [1.82, 2.24) is 10.2 Å². The Kier molecular flexibility index (Phi) is 2.59. The first-order valence-electron chi connectivity index (χ1n) is 4.67. The number of rotatable bonds is 2. The van der Waals surface area contributed by atoms with Gasteiger partial charge in [0.2, 0.25) is 0 Å². The molecule has 5 heteroatoms. The number of nitrogen functional groups attached to an aromatic ring is 1. The minimum absolute atomic E-state index is 0.143. The molecule has 82 valence electrons. The summed E-state index contributed by atoms with van der Waals surface area (Å²) in [4.78, 5) is 0. The first kappa shape index (κ1) is 10.2. The van der Waals surface area contributed by atoms with Crippen molar-refractivity contribution in [3.63, 3.8) is 0 Å². The lowest BCUT2D eigenvalue weighted by atomic mass is 10.1. The minimum atomic E-state index is 0.143. The molecule has 2 rings (SSSR count). The minimum Gasteiger partial charge on any atom is -0.507 e. The molecule has 0 aliphatic heterocycles. The average molecular weight is 217 g/mol. The van der Waals surface area contributed by atoms with Crippen LogP contribution in [0.5, 0.6) is 11.6 Å². The van der Waals surface area contributed by atoms with Gasteiger partial charge in [-0.15, -0.1) is 5.10 Å². The Balaban J connectivity index is 2.61. The van der Waals surface area contributed by atoms with Gasteiger partial charge in [0, 0.05) is 11.1 Å². The van der Waals surface area contributed by atoms with Crippen molar-refractivity contribution in [2.45, 2.75) is 0 Å². The predicted octanol–water partition coefficient (Wildman–Crippen LogP) is 1.44. The van der Waals surface area contributed by atoms with Gasteiger partial charge in [0.15, 0.2) is 0 Å². The van der Waals surface area contributed by atoms with Crippen molar-refractivity contribution in [3.05, 3.63) is 30.5 Å². The number of phenolic OH excluding ortho intramolecular Hbond substituents is 1. The number of hydrogen-bond acceptors (Lipinski definition) is 5. The number of hydrogen-bond donors (Lipinski definition) is 2. The van der Waals surface area contributed by atoms with Gasteiger partial charge in [0.05, 0.1) is 13.3 Å². The molecule has 0 radical (unpaired) electrons. The molecule has 2 aromatic rings. The second-order valence-electron chi connectivity index (χ2n) is 3.20. The highest BCUT2D eigenvalue weighted by molar-refractivity contribution is 5.81. The third-order valence-electron chi connectivity index (χ3n) is 2.24. The second kappa shape index (κ2) is 4.06. The SMILES string of the molecule is COc1nncc(-c2ccccc2O)c1N. The van der Waals surface area contributed by atoms with Gasteiger partial charge in [0.25, 0.3) is 5.88 Å². The summed E-state index contributed by atoms with van der Waals surface area (Å²) in [5.74, 6) is 0.394. The zero-order chi connectivity index (χ0) is 11.5. The largest absolute Gasteiger partial charge is 0.507 e. The summed E-state index contributed by atoms with van der Waals surface area (Å²) in [7, 11) is 1.47. The zero-order valence-electron chi connectivity index (χ0n) is 8.71. The summed E-state index contributed by atoms with van der Waals surface area (Å²) in [6, 6.07) is 6.88. The number of nitrogens with two attached hydrogens (primary N) is 1. The molecule has 0 bridgehead atoms. The van der Waals surface area contributed by atoms with Crippen LogP contribution in [-0.4, -0.2) is 22.4 Å². The van der Waals surface area contributed by atoms with Crippen LogP contribution in [0, 0.1) is 0 Å². The molecule has 16 heavy (non-hydrogen) atoms. The van der Waals surface area contributed by atoms with Gasteiger partial charge in [-0.2, -0.15) is 5.10 Å². The average Bonchev–Trinajstić information content (AvgIpc) is 2.31. The molecule has 0 aliphatic rings. The molecule has 0 unspecified atom stereocenters. The molecule has 5 nitrogen and oxygen atoms in total. The van der Waals surface area contributed by atoms with E-state index in [0.29, 0.717) is 16.8 Å². The van der Waals surface area contributed by atoms with Crippen molar-refractivity contribution >= 4 is 5.69 Å². The Bertz CT molecular complexity index is 514. The summed E-state index contributed by atoms with van der Waals surface area (Å²) < 4.78 is 4.97. The van der Waals surface area contributed by atoms with Crippen LogP contribution >= 0.6 is 0 Å². The molecule has 1 aromatic carbocycles. The summed E-state index contributed by atoms with van der Waals surface area (Å²) in [6.45, 7) is 0. The molecule has 0 spiro atoms. The number of ether oxygens (including phenoxy) is 1. The van der Waals surface area contributed by atoms with E-state index in [2.05, 4.69) is 10.2 Å². The van der Waals surface area contributed by atoms with E-state index in [-0.39, 0.29) is 11.6 Å². The van der Waals surface area contributed by atoms with Gasteiger partial charge >= 0.3 is 0 Å². The highest BCUT2D eigenvalue weighted by Crippen LogP contribution is 2.35. The van der Waals surface area contributed by atoms with Crippen molar-refractivity contribution in [3.8, 4) is 22.8 Å². The number of aromatic hydroxyl groups is 1.